The van der Waals surface area contributed by atoms with Crippen molar-refractivity contribution in [3.8, 4) is 11.5 Å². The number of carbonyl (C=O) groups excluding carboxylic acids is 1. The number of ether oxygens (including phenoxy) is 2. The number of hydrogen-bond donors (Lipinski definition) is 2. The van der Waals surface area contributed by atoms with Crippen molar-refractivity contribution in [2.45, 2.75) is 30.2 Å². The van der Waals surface area contributed by atoms with Crippen LogP contribution in [-0.4, -0.2) is 38.9 Å². The Hall–Kier alpha value is -3.40. The van der Waals surface area contributed by atoms with Crippen molar-refractivity contribution in [3.63, 3.8) is 0 Å². The monoisotopic (exact) mass is 470 g/mol. The number of sulfone groups is 1. The van der Waals surface area contributed by atoms with Gasteiger partial charge in [0.1, 0.15) is 16.4 Å². The quantitative estimate of drug-likeness (QED) is 0.484. The minimum atomic E-state index is -4.01. The zero-order valence-electron chi connectivity index (χ0n) is 18.8. The van der Waals surface area contributed by atoms with E-state index in [4.69, 9.17) is 9.47 Å². The fourth-order valence-electron chi connectivity index (χ4n) is 3.51. The molecule has 0 fully saturated rings. The fourth-order valence-corrected chi connectivity index (χ4v) is 5.14. The predicted octanol–water partition coefficient (Wildman–Crippen LogP) is 3.69. The lowest BCUT2D eigenvalue weighted by Crippen LogP contribution is -2.39. The summed E-state index contributed by atoms with van der Waals surface area (Å²) in [4.78, 5) is 12.5. The number of hydrogen-bond acceptors (Lipinski definition) is 7. The average molecular weight is 471 g/mol. The van der Waals surface area contributed by atoms with Crippen molar-refractivity contribution in [2.75, 3.05) is 14.2 Å². The van der Waals surface area contributed by atoms with Gasteiger partial charge in [-0.3, -0.25) is 15.4 Å². The highest BCUT2D eigenvalue weighted by atomic mass is 32.2. The van der Waals surface area contributed by atoms with Crippen molar-refractivity contribution in [1.29, 1.82) is 0 Å². The van der Waals surface area contributed by atoms with E-state index in [0.29, 0.717) is 16.5 Å². The number of aryl methyl sites for hydroxylation is 2. The summed E-state index contributed by atoms with van der Waals surface area (Å²) in [5.74, 6) is 0.119. The van der Waals surface area contributed by atoms with Gasteiger partial charge in [-0.2, -0.15) is 0 Å². The van der Waals surface area contributed by atoms with Crippen LogP contribution in [0.15, 0.2) is 70.5 Å². The first-order valence-corrected chi connectivity index (χ1v) is 11.5. The molecule has 0 aliphatic carbocycles. The highest BCUT2D eigenvalue weighted by Crippen LogP contribution is 2.33. The van der Waals surface area contributed by atoms with Crippen LogP contribution in [0.4, 0.5) is 0 Å². The lowest BCUT2D eigenvalue weighted by molar-refractivity contribution is -0.133. The highest BCUT2D eigenvalue weighted by molar-refractivity contribution is 7.91. The summed E-state index contributed by atoms with van der Waals surface area (Å²) in [5.41, 5.74) is 4.81. The Labute approximate surface area is 193 Å². The van der Waals surface area contributed by atoms with Crippen LogP contribution in [-0.2, 0) is 16.4 Å². The van der Waals surface area contributed by atoms with Gasteiger partial charge >= 0.3 is 0 Å². The van der Waals surface area contributed by atoms with Crippen molar-refractivity contribution in [1.82, 2.24) is 10.6 Å². The molecule has 8 nitrogen and oxygen atoms in total. The van der Waals surface area contributed by atoms with Crippen LogP contribution in [0.1, 0.15) is 27.0 Å². The van der Waals surface area contributed by atoms with Gasteiger partial charge in [-0.05, 0) is 61.9 Å². The number of carbonyl (C=O) groups is 1. The van der Waals surface area contributed by atoms with Crippen molar-refractivity contribution < 1.29 is 27.9 Å². The minimum Gasteiger partial charge on any atom is -0.497 e. The molecule has 0 heterocycles. The van der Waals surface area contributed by atoms with Crippen molar-refractivity contribution in [2.24, 2.45) is 0 Å². The van der Waals surface area contributed by atoms with E-state index in [-0.39, 0.29) is 27.6 Å². The lowest BCUT2D eigenvalue weighted by atomic mass is 10.1. The Morgan fingerprint density at radius 1 is 0.970 bits per heavy atom. The van der Waals surface area contributed by atoms with E-state index in [0.717, 1.165) is 11.1 Å². The third kappa shape index (κ3) is 5.51. The Balaban J connectivity index is 1.91. The maximum atomic E-state index is 13.4. The zero-order chi connectivity index (χ0) is 24.2. The molecule has 0 spiro atoms. The van der Waals surface area contributed by atoms with E-state index < -0.39 is 15.7 Å². The molecule has 0 bridgehead atoms. The van der Waals surface area contributed by atoms with Gasteiger partial charge in [-0.25, -0.2) is 8.42 Å². The Morgan fingerprint density at radius 2 is 1.61 bits per heavy atom. The van der Waals surface area contributed by atoms with Crippen molar-refractivity contribution in [3.05, 3.63) is 82.9 Å². The molecule has 0 aliphatic rings. The number of methoxy groups -OCH3 is 2. The minimum absolute atomic E-state index is 0.0396. The SMILES string of the molecule is COc1ccc(S(=O)(=O)c2c(CN(O)NC(=O)c3cc(C)cc(C)c3)cccc2OC)cc1. The molecule has 0 atom stereocenters. The molecule has 0 aliphatic heterocycles. The highest BCUT2D eigenvalue weighted by Gasteiger charge is 2.27. The maximum absolute atomic E-state index is 13.4. The van der Waals surface area contributed by atoms with Gasteiger partial charge < -0.3 is 9.47 Å². The molecule has 3 rings (SSSR count). The zero-order valence-corrected chi connectivity index (χ0v) is 19.6. The summed E-state index contributed by atoms with van der Waals surface area (Å²) in [5, 5.41) is 11.0. The van der Waals surface area contributed by atoms with Crippen LogP contribution in [0.3, 0.4) is 0 Å². The molecular weight excluding hydrogens is 444 g/mol. The summed E-state index contributed by atoms with van der Waals surface area (Å²) >= 11 is 0. The van der Waals surface area contributed by atoms with Crippen LogP contribution < -0.4 is 14.9 Å². The van der Waals surface area contributed by atoms with Gasteiger partial charge in [-0.1, -0.05) is 34.5 Å². The predicted molar refractivity (Wildman–Crippen MR) is 122 cm³/mol. The summed E-state index contributed by atoms with van der Waals surface area (Å²) < 4.78 is 37.3. The maximum Gasteiger partial charge on any atom is 0.267 e. The second-order valence-electron chi connectivity index (χ2n) is 7.50. The summed E-state index contributed by atoms with van der Waals surface area (Å²) in [6.07, 6.45) is 0. The van der Waals surface area contributed by atoms with Gasteiger partial charge in [0.25, 0.3) is 5.91 Å². The van der Waals surface area contributed by atoms with E-state index >= 15 is 0 Å². The first-order chi connectivity index (χ1) is 15.6. The summed E-state index contributed by atoms with van der Waals surface area (Å²) in [6.45, 7) is 3.44. The average Bonchev–Trinajstić information content (AvgIpc) is 2.78. The largest absolute Gasteiger partial charge is 0.497 e. The van der Waals surface area contributed by atoms with E-state index in [1.807, 2.05) is 19.9 Å². The standard InChI is InChI=1S/C24H26N2O6S/c1-16-12-17(2)14-19(13-16)24(27)25-26(28)15-18-6-5-7-22(32-4)23(18)33(29,30)21-10-8-20(31-3)9-11-21/h5-14,28H,15H2,1-4H3,(H,25,27). The molecule has 33 heavy (non-hydrogen) atoms. The van der Waals surface area contributed by atoms with Crippen LogP contribution in [0.5, 0.6) is 11.5 Å². The van der Waals surface area contributed by atoms with Gasteiger partial charge in [-0.15, -0.1) is 0 Å². The first-order valence-electron chi connectivity index (χ1n) is 10.1. The van der Waals surface area contributed by atoms with Gasteiger partial charge in [0.2, 0.25) is 9.84 Å². The molecule has 3 aromatic carbocycles. The molecular formula is C24H26N2O6S. The topological polar surface area (TPSA) is 105 Å². The second kappa shape index (κ2) is 10.0. The van der Waals surface area contributed by atoms with E-state index in [2.05, 4.69) is 5.43 Å². The smallest absolute Gasteiger partial charge is 0.267 e. The van der Waals surface area contributed by atoms with Crippen LogP contribution >= 0.6 is 0 Å². The van der Waals surface area contributed by atoms with Gasteiger partial charge in [0, 0.05) is 5.56 Å². The Bertz CT molecular complexity index is 1240. The summed E-state index contributed by atoms with van der Waals surface area (Å²) in [6, 6.07) is 16.0. The number of nitrogens with one attached hydrogen (secondary N) is 1. The molecule has 0 saturated heterocycles. The van der Waals surface area contributed by atoms with E-state index in [1.54, 1.807) is 36.4 Å². The molecule has 9 heteroatoms. The fraction of sp³-hybridized carbons (Fsp3) is 0.208. The lowest BCUT2D eigenvalue weighted by Gasteiger charge is -2.20. The molecule has 1 amide bonds. The molecule has 0 aromatic heterocycles. The van der Waals surface area contributed by atoms with Gasteiger partial charge in [0.15, 0.2) is 0 Å². The van der Waals surface area contributed by atoms with E-state index in [9.17, 15) is 18.4 Å². The molecule has 0 radical (unpaired) electrons. The molecule has 174 valence electrons. The molecule has 2 N–H and O–H groups in total. The third-order valence-electron chi connectivity index (χ3n) is 4.95. The van der Waals surface area contributed by atoms with Gasteiger partial charge in [0.05, 0.1) is 25.7 Å². The Kier molecular flexibility index (Phi) is 7.37. The van der Waals surface area contributed by atoms with Crippen molar-refractivity contribution >= 4 is 15.7 Å². The second-order valence-corrected chi connectivity index (χ2v) is 9.39. The Morgan fingerprint density at radius 3 is 2.18 bits per heavy atom. The molecule has 0 saturated carbocycles. The first kappa shape index (κ1) is 24.2. The molecule has 0 unspecified atom stereocenters. The normalized spacial score (nSPS) is 11.3. The third-order valence-corrected chi connectivity index (χ3v) is 6.85. The number of amides is 1. The van der Waals surface area contributed by atoms with Crippen LogP contribution in [0, 0.1) is 13.8 Å². The number of benzene rings is 3. The summed E-state index contributed by atoms with van der Waals surface area (Å²) in [7, 11) is -1.15. The van der Waals surface area contributed by atoms with E-state index in [1.165, 1.54) is 32.4 Å². The number of rotatable bonds is 8. The number of hydroxylamine groups is 1. The molecule has 3 aromatic rings. The van der Waals surface area contributed by atoms with Crippen LogP contribution in [0.2, 0.25) is 0 Å². The van der Waals surface area contributed by atoms with Crippen LogP contribution in [0.25, 0.3) is 0 Å². The number of nitrogens with zero attached hydrogens (tertiary/aromatic N) is 1. The number of hydrazine groups is 1.